The molecule has 0 aromatic heterocycles. The average molecular weight is 171 g/mol. The van der Waals surface area contributed by atoms with Crippen LogP contribution in [-0.2, 0) is 4.74 Å². The minimum absolute atomic E-state index is 0.717. The fourth-order valence-corrected chi connectivity index (χ4v) is 2.20. The minimum atomic E-state index is 0.717. The maximum Gasteiger partial charge on any atom is 0.0491 e. The van der Waals surface area contributed by atoms with Gasteiger partial charge >= 0.3 is 0 Å². The molecule has 0 aliphatic carbocycles. The fraction of sp³-hybridized carbons (Fsp3) is 1.00. The first-order chi connectivity index (χ1) is 5.65. The third-order valence-corrected chi connectivity index (χ3v) is 3.14. The van der Waals surface area contributed by atoms with Crippen LogP contribution in [0.1, 0.15) is 26.7 Å². The summed E-state index contributed by atoms with van der Waals surface area (Å²) in [5, 5.41) is 0. The molecule has 72 valence electrons. The van der Waals surface area contributed by atoms with E-state index >= 15 is 0 Å². The summed E-state index contributed by atoms with van der Waals surface area (Å²) in [6.07, 6.45) is 2.57. The second kappa shape index (κ2) is 4.24. The van der Waals surface area contributed by atoms with E-state index in [9.17, 15) is 0 Å². The van der Waals surface area contributed by atoms with Crippen molar-refractivity contribution in [1.29, 1.82) is 0 Å². The molecule has 0 aromatic rings. The standard InChI is InChI=1S/C10H21NO/c1-8-5-10(7-12-4)6-9(2)11(8)3/h8-10H,5-7H2,1-4H3. The van der Waals surface area contributed by atoms with Crippen molar-refractivity contribution in [2.75, 3.05) is 20.8 Å². The summed E-state index contributed by atoms with van der Waals surface area (Å²) < 4.78 is 5.19. The van der Waals surface area contributed by atoms with Crippen molar-refractivity contribution in [1.82, 2.24) is 4.90 Å². The van der Waals surface area contributed by atoms with Gasteiger partial charge in [-0.2, -0.15) is 0 Å². The van der Waals surface area contributed by atoms with Crippen LogP contribution in [0.15, 0.2) is 0 Å². The van der Waals surface area contributed by atoms with Crippen molar-refractivity contribution in [3.8, 4) is 0 Å². The van der Waals surface area contributed by atoms with Crippen molar-refractivity contribution in [2.24, 2.45) is 5.92 Å². The van der Waals surface area contributed by atoms with Crippen LogP contribution in [0.25, 0.3) is 0 Å². The van der Waals surface area contributed by atoms with Gasteiger partial charge in [0.2, 0.25) is 0 Å². The van der Waals surface area contributed by atoms with Crippen LogP contribution in [0.3, 0.4) is 0 Å². The molecule has 2 heteroatoms. The molecule has 2 atom stereocenters. The van der Waals surface area contributed by atoms with E-state index < -0.39 is 0 Å². The van der Waals surface area contributed by atoms with Gasteiger partial charge in [-0.05, 0) is 39.7 Å². The first kappa shape index (κ1) is 10.0. The number of likely N-dealkylation sites (tertiary alicyclic amines) is 1. The van der Waals surface area contributed by atoms with E-state index in [0.29, 0.717) is 12.1 Å². The lowest BCUT2D eigenvalue weighted by Crippen LogP contribution is -2.44. The number of hydrogen-bond donors (Lipinski definition) is 0. The van der Waals surface area contributed by atoms with Gasteiger partial charge in [0.05, 0.1) is 0 Å². The molecule has 12 heavy (non-hydrogen) atoms. The second-order valence-corrected chi connectivity index (χ2v) is 4.16. The largest absolute Gasteiger partial charge is 0.384 e. The van der Waals surface area contributed by atoms with Gasteiger partial charge < -0.3 is 9.64 Å². The molecule has 2 nitrogen and oxygen atoms in total. The molecule has 0 aromatic carbocycles. The minimum Gasteiger partial charge on any atom is -0.384 e. The Balaban J connectivity index is 2.42. The summed E-state index contributed by atoms with van der Waals surface area (Å²) >= 11 is 0. The molecular weight excluding hydrogens is 150 g/mol. The number of ether oxygens (including phenoxy) is 1. The van der Waals surface area contributed by atoms with Crippen LogP contribution >= 0.6 is 0 Å². The zero-order valence-electron chi connectivity index (χ0n) is 8.71. The molecule has 1 aliphatic rings. The zero-order valence-corrected chi connectivity index (χ0v) is 8.71. The van der Waals surface area contributed by atoms with Crippen molar-refractivity contribution < 1.29 is 4.74 Å². The highest BCUT2D eigenvalue weighted by Crippen LogP contribution is 2.26. The highest BCUT2D eigenvalue weighted by atomic mass is 16.5. The van der Waals surface area contributed by atoms with Gasteiger partial charge in [-0.3, -0.25) is 0 Å². The quantitative estimate of drug-likeness (QED) is 0.627. The molecule has 1 heterocycles. The Morgan fingerprint density at radius 3 is 2.17 bits per heavy atom. The van der Waals surface area contributed by atoms with Crippen molar-refractivity contribution >= 4 is 0 Å². The maximum absolute atomic E-state index is 5.19. The first-order valence-electron chi connectivity index (χ1n) is 4.86. The Labute approximate surface area is 75.9 Å². The Hall–Kier alpha value is -0.0800. The lowest BCUT2D eigenvalue weighted by Gasteiger charge is -2.40. The Kier molecular flexibility index (Phi) is 3.53. The number of piperidine rings is 1. The summed E-state index contributed by atoms with van der Waals surface area (Å²) in [5.41, 5.74) is 0. The predicted octanol–water partition coefficient (Wildman–Crippen LogP) is 1.75. The van der Waals surface area contributed by atoms with Crippen molar-refractivity contribution in [3.63, 3.8) is 0 Å². The SMILES string of the molecule is COCC1CC(C)N(C)C(C)C1. The molecular formula is C10H21NO. The summed E-state index contributed by atoms with van der Waals surface area (Å²) in [4.78, 5) is 2.46. The fourth-order valence-electron chi connectivity index (χ4n) is 2.20. The number of hydrogen-bond acceptors (Lipinski definition) is 2. The van der Waals surface area contributed by atoms with Crippen LogP contribution in [0, 0.1) is 5.92 Å². The van der Waals surface area contributed by atoms with Crippen LogP contribution < -0.4 is 0 Å². The lowest BCUT2D eigenvalue weighted by atomic mass is 9.88. The first-order valence-corrected chi connectivity index (χ1v) is 4.86. The van der Waals surface area contributed by atoms with E-state index in [1.54, 1.807) is 7.11 Å². The highest BCUT2D eigenvalue weighted by Gasteiger charge is 2.27. The van der Waals surface area contributed by atoms with Gasteiger partial charge in [0, 0.05) is 25.8 Å². The zero-order chi connectivity index (χ0) is 9.14. The third-order valence-electron chi connectivity index (χ3n) is 3.14. The number of nitrogens with zero attached hydrogens (tertiary/aromatic N) is 1. The van der Waals surface area contributed by atoms with E-state index in [1.807, 2.05) is 0 Å². The third kappa shape index (κ3) is 2.20. The highest BCUT2D eigenvalue weighted by molar-refractivity contribution is 4.81. The number of rotatable bonds is 2. The summed E-state index contributed by atoms with van der Waals surface area (Å²) in [7, 11) is 4.02. The molecule has 2 unspecified atom stereocenters. The van der Waals surface area contributed by atoms with Crippen LogP contribution in [0.4, 0.5) is 0 Å². The van der Waals surface area contributed by atoms with Crippen LogP contribution in [0.2, 0.25) is 0 Å². The van der Waals surface area contributed by atoms with E-state index in [4.69, 9.17) is 4.74 Å². The predicted molar refractivity (Wildman–Crippen MR) is 51.3 cm³/mol. The van der Waals surface area contributed by atoms with Gasteiger partial charge in [-0.1, -0.05) is 0 Å². The van der Waals surface area contributed by atoms with E-state index in [0.717, 1.165) is 12.5 Å². The lowest BCUT2D eigenvalue weighted by molar-refractivity contribution is 0.0518. The Morgan fingerprint density at radius 2 is 1.75 bits per heavy atom. The summed E-state index contributed by atoms with van der Waals surface area (Å²) in [5.74, 6) is 0.774. The van der Waals surface area contributed by atoms with Crippen molar-refractivity contribution in [3.05, 3.63) is 0 Å². The molecule has 0 radical (unpaired) electrons. The summed E-state index contributed by atoms with van der Waals surface area (Å²) in [6.45, 7) is 5.54. The van der Waals surface area contributed by atoms with E-state index in [2.05, 4.69) is 25.8 Å². The van der Waals surface area contributed by atoms with Gasteiger partial charge in [0.15, 0.2) is 0 Å². The van der Waals surface area contributed by atoms with Crippen molar-refractivity contribution in [2.45, 2.75) is 38.8 Å². The molecule has 0 N–H and O–H groups in total. The van der Waals surface area contributed by atoms with Gasteiger partial charge in [-0.15, -0.1) is 0 Å². The summed E-state index contributed by atoms with van der Waals surface area (Å²) in [6, 6.07) is 1.43. The van der Waals surface area contributed by atoms with Crippen LogP contribution in [-0.4, -0.2) is 37.7 Å². The smallest absolute Gasteiger partial charge is 0.0491 e. The number of methoxy groups -OCH3 is 1. The second-order valence-electron chi connectivity index (χ2n) is 4.16. The maximum atomic E-state index is 5.19. The van der Waals surface area contributed by atoms with Gasteiger partial charge in [0.1, 0.15) is 0 Å². The Morgan fingerprint density at radius 1 is 1.25 bits per heavy atom. The van der Waals surface area contributed by atoms with Gasteiger partial charge in [-0.25, -0.2) is 0 Å². The molecule has 0 spiro atoms. The topological polar surface area (TPSA) is 12.5 Å². The van der Waals surface area contributed by atoms with Gasteiger partial charge in [0.25, 0.3) is 0 Å². The van der Waals surface area contributed by atoms with E-state index in [1.165, 1.54) is 12.8 Å². The normalized spacial score (nSPS) is 38.5. The monoisotopic (exact) mass is 171 g/mol. The molecule has 1 rings (SSSR count). The molecule has 1 saturated heterocycles. The molecule has 1 fully saturated rings. The molecule has 0 bridgehead atoms. The average Bonchev–Trinajstić information content (AvgIpc) is 2.01. The Bertz CT molecular complexity index is 126. The molecule has 0 amide bonds. The van der Waals surface area contributed by atoms with Crippen LogP contribution in [0.5, 0.6) is 0 Å². The molecule has 0 saturated carbocycles. The van der Waals surface area contributed by atoms with E-state index in [-0.39, 0.29) is 0 Å². The molecule has 1 aliphatic heterocycles.